The van der Waals surface area contributed by atoms with Crippen molar-refractivity contribution in [2.24, 2.45) is 0 Å². The van der Waals surface area contributed by atoms with Crippen LogP contribution in [0.4, 0.5) is 10.7 Å². The average Bonchev–Trinajstić information content (AvgIpc) is 3.25. The van der Waals surface area contributed by atoms with Crippen molar-refractivity contribution in [2.45, 2.75) is 6.92 Å². The monoisotopic (exact) mass is 519 g/mol. The highest BCUT2D eigenvalue weighted by molar-refractivity contribution is 7.80. The van der Waals surface area contributed by atoms with Gasteiger partial charge in [-0.2, -0.15) is 0 Å². The SMILES string of the molecule is CCOC(=O)c1cc(-c2ccccc2)sc1NC(=S)N1CCN(c2ccc(Cl)c(Cl)c2)CC1. The van der Waals surface area contributed by atoms with Crippen LogP contribution in [-0.2, 0) is 4.74 Å². The highest BCUT2D eigenvalue weighted by Gasteiger charge is 2.23. The van der Waals surface area contributed by atoms with Gasteiger partial charge in [0.05, 0.1) is 22.2 Å². The van der Waals surface area contributed by atoms with Gasteiger partial charge in [-0.15, -0.1) is 11.3 Å². The first-order valence-corrected chi connectivity index (χ1v) is 12.6. The van der Waals surface area contributed by atoms with Crippen molar-refractivity contribution in [2.75, 3.05) is 43.0 Å². The topological polar surface area (TPSA) is 44.8 Å². The van der Waals surface area contributed by atoms with Gasteiger partial charge in [-0.25, -0.2) is 4.79 Å². The number of anilines is 2. The number of hydrogen-bond acceptors (Lipinski definition) is 5. The third-order valence-electron chi connectivity index (χ3n) is 5.34. The Labute approximate surface area is 212 Å². The Morgan fingerprint density at radius 1 is 1.06 bits per heavy atom. The summed E-state index contributed by atoms with van der Waals surface area (Å²) in [5, 5.41) is 5.69. The Hall–Kier alpha value is -2.32. The fourth-order valence-corrected chi connectivity index (χ4v) is 5.31. The number of esters is 1. The van der Waals surface area contributed by atoms with E-state index in [2.05, 4.69) is 15.1 Å². The first kappa shape index (κ1) is 23.8. The molecular weight excluding hydrogens is 497 g/mol. The highest BCUT2D eigenvalue weighted by Crippen LogP contribution is 2.36. The number of halogens is 2. The number of piperazine rings is 1. The van der Waals surface area contributed by atoms with Crippen molar-refractivity contribution in [1.29, 1.82) is 0 Å². The predicted octanol–water partition coefficient (Wildman–Crippen LogP) is 6.42. The fraction of sp³-hybridized carbons (Fsp3) is 0.250. The van der Waals surface area contributed by atoms with Gasteiger partial charge in [0, 0.05) is 36.7 Å². The minimum atomic E-state index is -0.356. The number of ether oxygens (including phenoxy) is 1. The van der Waals surface area contributed by atoms with E-state index < -0.39 is 0 Å². The van der Waals surface area contributed by atoms with Crippen molar-refractivity contribution in [3.05, 3.63) is 70.2 Å². The summed E-state index contributed by atoms with van der Waals surface area (Å²) in [5.74, 6) is -0.356. The number of nitrogens with zero attached hydrogens (tertiary/aromatic N) is 2. The van der Waals surface area contributed by atoms with E-state index in [0.717, 1.165) is 42.3 Å². The average molecular weight is 521 g/mol. The quantitative estimate of drug-likeness (QED) is 0.310. The van der Waals surface area contributed by atoms with Crippen LogP contribution in [0.25, 0.3) is 10.4 Å². The van der Waals surface area contributed by atoms with Gasteiger partial charge in [0.2, 0.25) is 0 Å². The molecule has 0 bridgehead atoms. The third-order valence-corrected chi connectivity index (χ3v) is 7.54. The molecule has 0 radical (unpaired) electrons. The summed E-state index contributed by atoms with van der Waals surface area (Å²) in [6.07, 6.45) is 0. The number of benzene rings is 2. The molecule has 0 atom stereocenters. The van der Waals surface area contributed by atoms with Crippen molar-refractivity contribution >= 4 is 68.5 Å². The molecule has 0 amide bonds. The maximum absolute atomic E-state index is 12.6. The molecule has 1 aromatic heterocycles. The van der Waals surface area contributed by atoms with Gasteiger partial charge in [0.1, 0.15) is 5.00 Å². The smallest absolute Gasteiger partial charge is 0.341 e. The highest BCUT2D eigenvalue weighted by atomic mass is 35.5. The lowest BCUT2D eigenvalue weighted by Crippen LogP contribution is -2.50. The van der Waals surface area contributed by atoms with Crippen LogP contribution >= 0.6 is 46.8 Å². The Bertz CT molecular complexity index is 1150. The number of nitrogens with one attached hydrogen (secondary N) is 1. The normalized spacial score (nSPS) is 13.7. The second-order valence-corrected chi connectivity index (χ2v) is 9.70. The summed E-state index contributed by atoms with van der Waals surface area (Å²) in [7, 11) is 0. The number of carbonyl (C=O) groups is 1. The molecule has 2 heterocycles. The summed E-state index contributed by atoms with van der Waals surface area (Å²) in [6.45, 7) is 5.20. The van der Waals surface area contributed by atoms with Crippen LogP contribution < -0.4 is 10.2 Å². The molecule has 1 aliphatic heterocycles. The number of thiocarbonyl (C=S) groups is 1. The molecular formula is C24H23Cl2N3O2S2. The predicted molar refractivity (Wildman–Crippen MR) is 142 cm³/mol. The molecule has 172 valence electrons. The van der Waals surface area contributed by atoms with E-state index in [0.29, 0.717) is 32.3 Å². The Kier molecular flexibility index (Phi) is 7.75. The standard InChI is InChI=1S/C24H23Cl2N3O2S2/c1-2-31-23(30)18-15-21(16-6-4-3-5-7-16)33-22(18)27-24(32)29-12-10-28(11-13-29)17-8-9-19(25)20(26)14-17/h3-9,14-15H,2,10-13H2,1H3,(H,27,32). The zero-order valence-corrected chi connectivity index (χ0v) is 21.2. The Balaban J connectivity index is 1.46. The number of rotatable bonds is 5. The van der Waals surface area contributed by atoms with E-state index in [1.54, 1.807) is 6.92 Å². The summed E-state index contributed by atoms with van der Waals surface area (Å²) in [6, 6.07) is 17.5. The van der Waals surface area contributed by atoms with Gasteiger partial charge in [-0.1, -0.05) is 53.5 Å². The van der Waals surface area contributed by atoms with Crippen molar-refractivity contribution in [1.82, 2.24) is 4.90 Å². The molecule has 1 fully saturated rings. The largest absolute Gasteiger partial charge is 0.462 e. The van der Waals surface area contributed by atoms with Gasteiger partial charge in [-0.3, -0.25) is 0 Å². The maximum atomic E-state index is 12.6. The molecule has 0 saturated carbocycles. The van der Waals surface area contributed by atoms with E-state index in [1.165, 1.54) is 11.3 Å². The van der Waals surface area contributed by atoms with E-state index in [1.807, 2.05) is 54.6 Å². The Morgan fingerprint density at radius 3 is 2.45 bits per heavy atom. The van der Waals surface area contributed by atoms with Crippen LogP contribution in [0.1, 0.15) is 17.3 Å². The lowest BCUT2D eigenvalue weighted by atomic mass is 10.1. The molecule has 1 aliphatic rings. The van der Waals surface area contributed by atoms with Crippen LogP contribution in [0.5, 0.6) is 0 Å². The molecule has 0 aliphatic carbocycles. The van der Waals surface area contributed by atoms with Crippen molar-refractivity contribution in [3.63, 3.8) is 0 Å². The summed E-state index contributed by atoms with van der Waals surface area (Å²) >= 11 is 19.4. The summed E-state index contributed by atoms with van der Waals surface area (Å²) in [4.78, 5) is 17.9. The van der Waals surface area contributed by atoms with Crippen LogP contribution in [0.2, 0.25) is 10.0 Å². The van der Waals surface area contributed by atoms with E-state index >= 15 is 0 Å². The van der Waals surface area contributed by atoms with Crippen LogP contribution in [0, 0.1) is 0 Å². The number of thiophene rings is 1. The molecule has 1 saturated heterocycles. The minimum Gasteiger partial charge on any atom is -0.462 e. The second-order valence-electron chi connectivity index (χ2n) is 7.44. The Morgan fingerprint density at radius 2 is 1.79 bits per heavy atom. The van der Waals surface area contributed by atoms with Gasteiger partial charge in [0.15, 0.2) is 5.11 Å². The first-order valence-electron chi connectivity index (χ1n) is 10.6. The molecule has 2 aromatic carbocycles. The van der Waals surface area contributed by atoms with Crippen molar-refractivity contribution < 1.29 is 9.53 Å². The zero-order chi connectivity index (χ0) is 23.4. The van der Waals surface area contributed by atoms with Gasteiger partial charge in [0.25, 0.3) is 0 Å². The molecule has 33 heavy (non-hydrogen) atoms. The van der Waals surface area contributed by atoms with Gasteiger partial charge < -0.3 is 19.9 Å². The third kappa shape index (κ3) is 5.61. The van der Waals surface area contributed by atoms with Gasteiger partial charge >= 0.3 is 5.97 Å². The molecule has 5 nitrogen and oxygen atoms in total. The summed E-state index contributed by atoms with van der Waals surface area (Å²) in [5.41, 5.74) is 2.58. The molecule has 9 heteroatoms. The van der Waals surface area contributed by atoms with Crippen LogP contribution in [0.3, 0.4) is 0 Å². The maximum Gasteiger partial charge on any atom is 0.341 e. The fourth-order valence-electron chi connectivity index (χ4n) is 3.61. The number of carbonyl (C=O) groups excluding carboxylic acids is 1. The zero-order valence-electron chi connectivity index (χ0n) is 18.0. The van der Waals surface area contributed by atoms with E-state index in [4.69, 9.17) is 40.2 Å². The lowest BCUT2D eigenvalue weighted by Gasteiger charge is -2.37. The van der Waals surface area contributed by atoms with E-state index in [-0.39, 0.29) is 5.97 Å². The van der Waals surface area contributed by atoms with E-state index in [9.17, 15) is 4.79 Å². The first-order chi connectivity index (χ1) is 16.0. The molecule has 0 unspecified atom stereocenters. The van der Waals surface area contributed by atoms with Crippen molar-refractivity contribution in [3.8, 4) is 10.4 Å². The summed E-state index contributed by atoms with van der Waals surface area (Å²) < 4.78 is 5.27. The molecule has 3 aromatic rings. The molecule has 1 N–H and O–H groups in total. The van der Waals surface area contributed by atoms with Gasteiger partial charge in [-0.05, 0) is 49.0 Å². The molecule has 4 rings (SSSR count). The minimum absolute atomic E-state index is 0.315. The molecule has 0 spiro atoms. The number of hydrogen-bond donors (Lipinski definition) is 1. The van der Waals surface area contributed by atoms with Crippen LogP contribution in [0.15, 0.2) is 54.6 Å². The van der Waals surface area contributed by atoms with Crippen LogP contribution in [-0.4, -0.2) is 48.8 Å². The second kappa shape index (κ2) is 10.7. The lowest BCUT2D eigenvalue weighted by molar-refractivity contribution is 0.0528.